The highest BCUT2D eigenvalue weighted by Crippen LogP contribution is 2.53. The van der Waals surface area contributed by atoms with Crippen LogP contribution in [-0.4, -0.2) is 96.7 Å². The van der Waals surface area contributed by atoms with Gasteiger partial charge in [0, 0.05) is 41.0 Å². The van der Waals surface area contributed by atoms with Crippen LogP contribution in [0.5, 0.6) is 11.5 Å². The number of benzene rings is 1. The van der Waals surface area contributed by atoms with E-state index in [9.17, 15) is 49.8 Å². The van der Waals surface area contributed by atoms with Crippen LogP contribution in [0.15, 0.2) is 52.5 Å². The fourth-order valence-electron chi connectivity index (χ4n) is 7.59. The molecule has 15 heteroatoms. The van der Waals surface area contributed by atoms with E-state index in [4.69, 9.17) is 18.9 Å². The van der Waals surface area contributed by atoms with E-state index < -0.39 is 89.5 Å². The van der Waals surface area contributed by atoms with E-state index in [0.29, 0.717) is 0 Å². The third-order valence-electron chi connectivity index (χ3n) is 10.7. The lowest BCUT2D eigenvalue weighted by Gasteiger charge is -2.45. The third-order valence-corrected chi connectivity index (χ3v) is 10.7. The fraction of sp³-hybridized carbons (Fsp3) is 0.487. The van der Waals surface area contributed by atoms with Gasteiger partial charge >= 0.3 is 11.9 Å². The van der Waals surface area contributed by atoms with Crippen LogP contribution in [0.2, 0.25) is 0 Å². The average molecular weight is 754 g/mol. The summed E-state index contributed by atoms with van der Waals surface area (Å²) in [5.74, 6) is -7.85. The molecule has 292 valence electrons. The zero-order chi connectivity index (χ0) is 40.4. The van der Waals surface area contributed by atoms with E-state index in [1.807, 2.05) is 0 Å². The van der Waals surface area contributed by atoms with Crippen molar-refractivity contribution >= 4 is 34.9 Å². The van der Waals surface area contributed by atoms with Crippen molar-refractivity contribution < 1.29 is 68.8 Å². The van der Waals surface area contributed by atoms with Crippen LogP contribution in [0.3, 0.4) is 0 Å². The van der Waals surface area contributed by atoms with Crippen molar-refractivity contribution in [3.63, 3.8) is 0 Å². The van der Waals surface area contributed by atoms with Crippen LogP contribution in [-0.2, 0) is 28.6 Å². The number of allylic oxidation sites excluding steroid dienone is 5. The standard InChI is InChI=1S/C39H47NO14/c1-15-11-10-12-38(8,49)35-20(6)29(44)25(37(48)54-35)28(43)19(5)34(46)39(9,50)13-16(2)31-24-22-23(27(42)18(4)32(24)52-14-51-31)30(45)26(40-36(15)47)17(3)33(22)53-21(7)41/h10-13,19-20,25,28-29,34-35,43-46,49-50H,14H2,1-9H3,(H,40,47)/t19-,20-,25-,28+,29+,34-,35+,38-,39+/m1/s1. The number of ether oxygens (including phenoxy) is 4. The molecule has 0 spiro atoms. The Bertz CT molecular complexity index is 1960. The van der Waals surface area contributed by atoms with Gasteiger partial charge in [-0.25, -0.2) is 0 Å². The van der Waals surface area contributed by atoms with Crippen molar-refractivity contribution in [3.05, 3.63) is 69.2 Å². The summed E-state index contributed by atoms with van der Waals surface area (Å²) in [7, 11) is 0. The van der Waals surface area contributed by atoms with Gasteiger partial charge in [0.15, 0.2) is 11.5 Å². The zero-order valence-corrected chi connectivity index (χ0v) is 31.5. The summed E-state index contributed by atoms with van der Waals surface area (Å²) in [5, 5.41) is 71.6. The van der Waals surface area contributed by atoms with Gasteiger partial charge in [0.2, 0.25) is 6.79 Å². The molecule has 15 nitrogen and oxygen atoms in total. The van der Waals surface area contributed by atoms with Gasteiger partial charge in [-0.1, -0.05) is 26.0 Å². The molecule has 9 atom stereocenters. The monoisotopic (exact) mass is 753 g/mol. The molecule has 0 saturated carbocycles. The van der Waals surface area contributed by atoms with Gasteiger partial charge in [-0.2, -0.15) is 0 Å². The Morgan fingerprint density at radius 1 is 0.907 bits per heavy atom. The number of Topliss-reactive ketones (excluding diaryl/α,β-unsaturated/α-hetero) is 1. The number of rotatable bonds is 1. The number of hydrogen-bond acceptors (Lipinski definition) is 14. The zero-order valence-electron chi connectivity index (χ0n) is 31.5. The van der Waals surface area contributed by atoms with Crippen molar-refractivity contribution in [2.24, 2.45) is 17.8 Å². The number of phenolic OH excluding ortho intramolecular Hbond substituents is 1. The maximum absolute atomic E-state index is 13.9. The number of aliphatic hydroxyl groups excluding tert-OH is 3. The normalized spacial score (nSPS) is 33.4. The number of aromatic hydroxyl groups is 1. The molecule has 1 amide bonds. The van der Waals surface area contributed by atoms with Crippen molar-refractivity contribution in [1.29, 1.82) is 0 Å². The SMILES string of the molecule is CC(=O)Oc1c(C)c2c(O)c3c1C1=C(OCOC1=C(C)C3=O)C(C)=C[C@](C)(O)[C@H](O)[C@H](C)[C@H](O)[C@H]1C(=O)O[C@@H]([C@H](C)[C@@H]1O)[C@](C)(O)C=CC=C(C)C(=O)N2. The summed E-state index contributed by atoms with van der Waals surface area (Å²) >= 11 is 0. The van der Waals surface area contributed by atoms with Crippen LogP contribution in [0, 0.1) is 24.7 Å². The summed E-state index contributed by atoms with van der Waals surface area (Å²) in [4.78, 5) is 53.3. The number of anilines is 1. The third kappa shape index (κ3) is 6.86. The second-order valence-corrected chi connectivity index (χ2v) is 14.9. The van der Waals surface area contributed by atoms with Crippen molar-refractivity contribution in [2.75, 3.05) is 12.1 Å². The lowest BCUT2D eigenvalue weighted by atomic mass is 9.73. The fourth-order valence-corrected chi connectivity index (χ4v) is 7.59. The molecule has 6 heterocycles. The predicted octanol–water partition coefficient (Wildman–Crippen LogP) is 2.61. The Morgan fingerprint density at radius 3 is 2.15 bits per heavy atom. The van der Waals surface area contributed by atoms with Gasteiger partial charge in [0.1, 0.15) is 40.5 Å². The molecule has 7 N–H and O–H groups in total. The van der Waals surface area contributed by atoms with Gasteiger partial charge in [0.25, 0.3) is 5.91 Å². The number of ketones is 1. The molecule has 0 unspecified atom stereocenters. The van der Waals surface area contributed by atoms with Crippen LogP contribution < -0.4 is 10.1 Å². The van der Waals surface area contributed by atoms with Crippen LogP contribution in [0.1, 0.15) is 76.9 Å². The number of esters is 2. The van der Waals surface area contributed by atoms with Gasteiger partial charge in [0.05, 0.1) is 35.1 Å². The van der Waals surface area contributed by atoms with Crippen LogP contribution in [0.4, 0.5) is 5.69 Å². The Morgan fingerprint density at radius 2 is 1.52 bits per heavy atom. The minimum absolute atomic E-state index is 0.0103. The molecule has 54 heavy (non-hydrogen) atoms. The maximum Gasteiger partial charge on any atom is 0.314 e. The highest BCUT2D eigenvalue weighted by Gasteiger charge is 2.53. The molecular weight excluding hydrogens is 706 g/mol. The number of carbonyl (C=O) groups excluding carboxylic acids is 4. The maximum atomic E-state index is 13.9. The Hall–Kier alpha value is -4.80. The Kier molecular flexibility index (Phi) is 10.8. The lowest BCUT2D eigenvalue weighted by Crippen LogP contribution is -2.60. The molecule has 1 aliphatic carbocycles. The van der Waals surface area contributed by atoms with E-state index in [2.05, 4.69) is 5.32 Å². The molecular formula is C39H47NO14. The van der Waals surface area contributed by atoms with Gasteiger partial charge in [-0.3, -0.25) is 19.2 Å². The molecule has 8 rings (SSSR count). The average Bonchev–Trinajstić information content (AvgIpc) is 3.09. The van der Waals surface area contributed by atoms with E-state index in [1.54, 1.807) is 0 Å². The molecule has 1 aromatic carbocycles. The van der Waals surface area contributed by atoms with Gasteiger partial charge in [-0.15, -0.1) is 0 Å². The van der Waals surface area contributed by atoms with Crippen LogP contribution >= 0.6 is 0 Å². The summed E-state index contributed by atoms with van der Waals surface area (Å²) in [6.45, 7) is 12.1. The highest BCUT2D eigenvalue weighted by atomic mass is 16.7. The number of amides is 1. The lowest BCUT2D eigenvalue weighted by molar-refractivity contribution is -0.211. The summed E-state index contributed by atoms with van der Waals surface area (Å²) in [6, 6.07) is 0. The Balaban J connectivity index is 1.80. The largest absolute Gasteiger partial charge is 0.505 e. The molecule has 1 aromatic rings. The van der Waals surface area contributed by atoms with E-state index >= 15 is 0 Å². The number of phenols is 1. The first kappa shape index (κ1) is 40.4. The molecule has 0 aromatic heterocycles. The second-order valence-electron chi connectivity index (χ2n) is 14.9. The summed E-state index contributed by atoms with van der Waals surface area (Å²) < 4.78 is 22.9. The van der Waals surface area contributed by atoms with Crippen molar-refractivity contribution in [2.45, 2.75) is 97.9 Å². The number of hydrogen-bond donors (Lipinski definition) is 7. The predicted molar refractivity (Wildman–Crippen MR) is 191 cm³/mol. The van der Waals surface area contributed by atoms with E-state index in [-0.39, 0.29) is 61.9 Å². The number of carbonyl (C=O) groups is 4. The van der Waals surface area contributed by atoms with E-state index in [1.165, 1.54) is 79.7 Å². The van der Waals surface area contributed by atoms with E-state index in [0.717, 1.165) is 6.92 Å². The number of nitrogens with one attached hydrogen (secondary N) is 1. The molecule has 0 radical (unpaired) electrons. The molecule has 6 aliphatic heterocycles. The quantitative estimate of drug-likeness (QED) is 0.124. The van der Waals surface area contributed by atoms with Crippen LogP contribution in [0.25, 0.3) is 5.57 Å². The number of aliphatic hydroxyl groups is 5. The molecule has 1 fully saturated rings. The Labute approximate surface area is 311 Å². The van der Waals surface area contributed by atoms with Gasteiger partial charge < -0.3 is 54.9 Å². The minimum atomic E-state index is -2.15. The first-order valence-corrected chi connectivity index (χ1v) is 17.4. The topological polar surface area (TPSA) is 239 Å². The highest BCUT2D eigenvalue weighted by molar-refractivity contribution is 6.21. The first-order chi connectivity index (χ1) is 25.0. The summed E-state index contributed by atoms with van der Waals surface area (Å²) in [6.07, 6.45) is -1.21. The molecule has 7 aliphatic rings. The minimum Gasteiger partial charge on any atom is -0.505 e. The first-order valence-electron chi connectivity index (χ1n) is 17.4. The molecule has 6 bridgehead atoms. The smallest absolute Gasteiger partial charge is 0.314 e. The van der Waals surface area contributed by atoms with Crippen molar-refractivity contribution in [1.82, 2.24) is 0 Å². The summed E-state index contributed by atoms with van der Waals surface area (Å²) in [5.41, 5.74) is -4.31. The molecule has 1 saturated heterocycles. The second kappa shape index (κ2) is 14.5. The van der Waals surface area contributed by atoms with Crippen molar-refractivity contribution in [3.8, 4) is 11.5 Å². The van der Waals surface area contributed by atoms with Gasteiger partial charge in [-0.05, 0) is 59.3 Å².